The molecule has 214 valence electrons. The number of hydrogen-bond acceptors (Lipinski definition) is 8. The first-order valence-corrected chi connectivity index (χ1v) is 17.9. The number of anilines is 1. The number of nitrogens with zero attached hydrogens (tertiary/aromatic N) is 5. The second-order valence-corrected chi connectivity index (χ2v) is 17.5. The van der Waals surface area contributed by atoms with Crippen molar-refractivity contribution in [1.82, 2.24) is 24.3 Å². The molecule has 1 aromatic carbocycles. The molecule has 1 aliphatic rings. The second-order valence-electron chi connectivity index (χ2n) is 11.9. The fourth-order valence-electron chi connectivity index (χ4n) is 4.75. The third-order valence-corrected chi connectivity index (χ3v) is 8.97. The third kappa shape index (κ3) is 8.01. The van der Waals surface area contributed by atoms with Crippen LogP contribution >= 0.6 is 0 Å². The molecule has 1 saturated heterocycles. The van der Waals surface area contributed by atoms with Gasteiger partial charge in [0, 0.05) is 59.2 Å². The summed E-state index contributed by atoms with van der Waals surface area (Å²) in [7, 11) is 0.954. The summed E-state index contributed by atoms with van der Waals surface area (Å²) in [4.78, 5) is 13.9. The Morgan fingerprint density at radius 3 is 2.59 bits per heavy atom. The number of unbranched alkanes of at least 4 members (excludes halogenated alkanes) is 1. The molecule has 39 heavy (non-hydrogen) atoms. The summed E-state index contributed by atoms with van der Waals surface area (Å²) < 4.78 is 13.8. The normalized spacial score (nSPS) is 16.2. The van der Waals surface area contributed by atoms with Gasteiger partial charge in [0.1, 0.15) is 23.9 Å². The van der Waals surface area contributed by atoms with Gasteiger partial charge in [-0.05, 0) is 30.6 Å². The summed E-state index contributed by atoms with van der Waals surface area (Å²) >= 11 is 0. The number of rotatable bonds is 13. The van der Waals surface area contributed by atoms with Crippen LogP contribution in [0, 0.1) is 0 Å². The van der Waals surface area contributed by atoms with Gasteiger partial charge in [-0.1, -0.05) is 57.3 Å². The molecule has 0 saturated carbocycles. The molecule has 0 radical (unpaired) electrons. The first-order chi connectivity index (χ1) is 18.6. The fraction of sp³-hybridized carbons (Fsp3) is 0.586. The molecule has 1 aliphatic heterocycles. The molecule has 3 heterocycles. The largest absolute Gasteiger partial charge is 0.463 e. The number of likely N-dealkylation sites (N-methyl/N-ethyl adjacent to an activating group) is 1. The number of nitrogens with two attached hydrogens (primary N) is 1. The molecule has 0 amide bonds. The number of benzene rings is 1. The number of nitrogen functional groups attached to an aromatic ring is 1. The van der Waals surface area contributed by atoms with Gasteiger partial charge in [0.05, 0.1) is 6.61 Å². The molecule has 10 heteroatoms. The van der Waals surface area contributed by atoms with Crippen LogP contribution in [0.4, 0.5) is 5.82 Å². The number of fused-ring (bicyclic) bond motifs is 1. The predicted octanol–water partition coefficient (Wildman–Crippen LogP) is 4.33. The van der Waals surface area contributed by atoms with Crippen molar-refractivity contribution in [1.29, 1.82) is 0 Å². The van der Waals surface area contributed by atoms with Crippen molar-refractivity contribution in [3.8, 4) is 6.01 Å². The summed E-state index contributed by atoms with van der Waals surface area (Å²) in [5.41, 5.74) is 10.4. The minimum absolute atomic E-state index is 0.239. The van der Waals surface area contributed by atoms with E-state index in [1.807, 2.05) is 22.9 Å². The highest BCUT2D eigenvalue weighted by Crippen LogP contribution is 2.33. The maximum Gasteiger partial charge on any atom is 0.319 e. The Kier molecular flexibility index (Phi) is 10.0. The van der Waals surface area contributed by atoms with Crippen LogP contribution < -0.4 is 10.5 Å². The maximum atomic E-state index is 11.6. The highest BCUT2D eigenvalue weighted by molar-refractivity contribution is 6.76. The topological polar surface area (TPSA) is 102 Å². The van der Waals surface area contributed by atoms with E-state index in [1.54, 1.807) is 0 Å². The third-order valence-electron chi connectivity index (χ3n) is 7.27. The Morgan fingerprint density at radius 2 is 1.87 bits per heavy atom. The Bertz CT molecular complexity index is 1220. The van der Waals surface area contributed by atoms with Crippen molar-refractivity contribution in [3.63, 3.8) is 0 Å². The van der Waals surface area contributed by atoms with E-state index in [1.165, 1.54) is 5.56 Å². The van der Waals surface area contributed by atoms with Gasteiger partial charge in [-0.2, -0.15) is 9.97 Å². The van der Waals surface area contributed by atoms with Gasteiger partial charge in [-0.15, -0.1) is 0 Å². The number of hydrogen-bond donors (Lipinski definition) is 2. The Balaban J connectivity index is 1.61. The molecule has 1 fully saturated rings. The van der Waals surface area contributed by atoms with Crippen molar-refractivity contribution in [3.05, 3.63) is 47.2 Å². The van der Waals surface area contributed by atoms with E-state index in [0.717, 1.165) is 57.2 Å². The van der Waals surface area contributed by atoms with Crippen molar-refractivity contribution >= 4 is 24.9 Å². The average molecular weight is 555 g/mol. The summed E-state index contributed by atoms with van der Waals surface area (Å²) in [6.07, 6.45) is 2.94. The monoisotopic (exact) mass is 554 g/mol. The predicted molar refractivity (Wildman–Crippen MR) is 160 cm³/mol. The number of aromatic nitrogens is 3. The quantitative estimate of drug-likeness (QED) is 0.238. The maximum absolute atomic E-state index is 11.6. The van der Waals surface area contributed by atoms with Crippen LogP contribution in [-0.2, 0) is 18.0 Å². The fourth-order valence-corrected chi connectivity index (χ4v) is 5.51. The SMILES string of the molecule is CCCCOc1nc(N)c2c(n1)c(C(O)c1cccc(CN3CCN(C)CC3)c1)cn2COCC[Si](C)(C)C. The lowest BCUT2D eigenvalue weighted by molar-refractivity contribution is 0.0899. The average Bonchev–Trinajstić information content (AvgIpc) is 3.26. The number of piperazine rings is 1. The van der Waals surface area contributed by atoms with E-state index in [9.17, 15) is 5.11 Å². The molecule has 2 aromatic heterocycles. The molecule has 1 unspecified atom stereocenters. The zero-order valence-electron chi connectivity index (χ0n) is 24.3. The molecule has 4 rings (SSSR count). The van der Waals surface area contributed by atoms with Gasteiger partial charge in [0.25, 0.3) is 0 Å². The van der Waals surface area contributed by atoms with Crippen molar-refractivity contribution in [2.75, 3.05) is 52.2 Å². The van der Waals surface area contributed by atoms with Gasteiger partial charge >= 0.3 is 6.01 Å². The van der Waals surface area contributed by atoms with Crippen LogP contribution in [0.2, 0.25) is 25.7 Å². The summed E-state index contributed by atoms with van der Waals surface area (Å²) in [5.74, 6) is 0.322. The summed E-state index contributed by atoms with van der Waals surface area (Å²) in [6, 6.07) is 9.52. The van der Waals surface area contributed by atoms with Gasteiger partial charge in [-0.3, -0.25) is 4.90 Å². The molecule has 0 spiro atoms. The lowest BCUT2D eigenvalue weighted by Crippen LogP contribution is -2.43. The summed E-state index contributed by atoms with van der Waals surface area (Å²) in [6.45, 7) is 15.7. The van der Waals surface area contributed by atoms with E-state index in [4.69, 9.17) is 20.2 Å². The van der Waals surface area contributed by atoms with E-state index < -0.39 is 14.2 Å². The number of aliphatic hydroxyl groups is 1. The molecule has 9 nitrogen and oxygen atoms in total. The molecule has 3 N–H and O–H groups in total. The molecule has 0 aliphatic carbocycles. The van der Waals surface area contributed by atoms with E-state index >= 15 is 0 Å². The highest BCUT2D eigenvalue weighted by Gasteiger charge is 2.23. The van der Waals surface area contributed by atoms with Gasteiger partial charge in [0.15, 0.2) is 5.82 Å². The highest BCUT2D eigenvalue weighted by atomic mass is 28.3. The standard InChI is InChI=1S/C29H46N6O3Si/c1-6-7-15-38-29-31-25-24(20-35(26(25)28(30)32-29)21-37-16-17-39(3,4)5)27(36)23-10-8-9-22(18-23)19-34-13-11-33(2)12-14-34/h8-10,18,20,27,36H,6-7,11-17,19,21H2,1-5H3,(H2,30,31,32). The van der Waals surface area contributed by atoms with Crippen molar-refractivity contribution in [2.45, 2.75) is 64.8 Å². The molecular formula is C29H46N6O3Si. The van der Waals surface area contributed by atoms with Crippen LogP contribution in [-0.4, -0.2) is 84.0 Å². The molecule has 3 aromatic rings. The van der Waals surface area contributed by atoms with Crippen LogP contribution in [0.25, 0.3) is 11.0 Å². The Hall–Kier alpha value is -2.50. The zero-order valence-corrected chi connectivity index (χ0v) is 25.3. The lowest BCUT2D eigenvalue weighted by atomic mass is 10.0. The lowest BCUT2D eigenvalue weighted by Gasteiger charge is -2.32. The Labute approximate surface area is 233 Å². The van der Waals surface area contributed by atoms with Gasteiger partial charge in [0.2, 0.25) is 0 Å². The van der Waals surface area contributed by atoms with Gasteiger partial charge in [-0.25, -0.2) is 0 Å². The van der Waals surface area contributed by atoms with Crippen LogP contribution in [0.1, 0.15) is 42.6 Å². The first kappa shape index (κ1) is 29.5. The molecule has 0 bridgehead atoms. The summed E-state index contributed by atoms with van der Waals surface area (Å²) in [5, 5.41) is 11.6. The van der Waals surface area contributed by atoms with Gasteiger partial charge < -0.3 is 29.8 Å². The van der Waals surface area contributed by atoms with Crippen LogP contribution in [0.5, 0.6) is 6.01 Å². The first-order valence-electron chi connectivity index (χ1n) is 14.2. The minimum Gasteiger partial charge on any atom is -0.463 e. The second kappa shape index (κ2) is 13.2. The minimum atomic E-state index is -1.21. The van der Waals surface area contributed by atoms with Crippen molar-refractivity contribution < 1.29 is 14.6 Å². The zero-order chi connectivity index (χ0) is 28.0. The van der Waals surface area contributed by atoms with E-state index in [0.29, 0.717) is 42.4 Å². The van der Waals surface area contributed by atoms with Crippen molar-refractivity contribution in [2.24, 2.45) is 0 Å². The van der Waals surface area contributed by atoms with Crippen LogP contribution in [0.3, 0.4) is 0 Å². The number of ether oxygens (including phenoxy) is 2. The van der Waals surface area contributed by atoms with Crippen LogP contribution in [0.15, 0.2) is 30.5 Å². The Morgan fingerprint density at radius 1 is 1.10 bits per heavy atom. The van der Waals surface area contributed by atoms with E-state index in [2.05, 4.69) is 60.5 Å². The molecular weight excluding hydrogens is 508 g/mol. The number of aliphatic hydroxyl groups excluding tert-OH is 1. The molecule has 1 atom stereocenters. The smallest absolute Gasteiger partial charge is 0.319 e. The van der Waals surface area contributed by atoms with E-state index in [-0.39, 0.29) is 6.01 Å².